The summed E-state index contributed by atoms with van der Waals surface area (Å²) in [5.74, 6) is -0.265. The van der Waals surface area contributed by atoms with Gasteiger partial charge in [-0.3, -0.25) is 9.20 Å². The van der Waals surface area contributed by atoms with E-state index in [0.29, 0.717) is 6.54 Å². The van der Waals surface area contributed by atoms with E-state index in [4.69, 9.17) is 0 Å². The van der Waals surface area contributed by atoms with Crippen LogP contribution in [0.25, 0.3) is 5.65 Å². The molecule has 2 aromatic rings. The molecule has 0 unspecified atom stereocenters. The van der Waals surface area contributed by atoms with Gasteiger partial charge in [-0.05, 0) is 38.8 Å². The van der Waals surface area contributed by atoms with E-state index < -0.39 is 17.4 Å². The minimum absolute atomic E-state index is 0.136. The molecule has 0 bridgehead atoms. The van der Waals surface area contributed by atoms with Gasteiger partial charge >= 0.3 is 11.9 Å². The summed E-state index contributed by atoms with van der Waals surface area (Å²) in [4.78, 5) is 26.3. The van der Waals surface area contributed by atoms with Crippen LogP contribution < -0.4 is 5.69 Å². The molecule has 1 aliphatic heterocycles. The summed E-state index contributed by atoms with van der Waals surface area (Å²) < 4.78 is 40.1. The highest BCUT2D eigenvalue weighted by Crippen LogP contribution is 2.29. The number of amides is 1. The molecule has 3 rings (SSSR count). The maximum atomic E-state index is 12.7. The van der Waals surface area contributed by atoms with Crippen molar-refractivity contribution in [3.05, 3.63) is 34.4 Å². The number of halogens is 3. The second-order valence-corrected chi connectivity index (χ2v) is 6.54. The normalized spacial score (nSPS) is 17.6. The first-order chi connectivity index (χ1) is 11.1. The number of pyridine rings is 1. The van der Waals surface area contributed by atoms with Crippen LogP contribution in [0.5, 0.6) is 0 Å². The fraction of sp³-hybridized carbons (Fsp3) is 0.533. The lowest BCUT2D eigenvalue weighted by Gasteiger charge is -2.31. The van der Waals surface area contributed by atoms with Gasteiger partial charge < -0.3 is 4.90 Å². The Morgan fingerprint density at radius 2 is 2.08 bits per heavy atom. The molecule has 24 heavy (non-hydrogen) atoms. The van der Waals surface area contributed by atoms with Crippen molar-refractivity contribution < 1.29 is 18.0 Å². The van der Waals surface area contributed by atoms with E-state index >= 15 is 0 Å². The van der Waals surface area contributed by atoms with Gasteiger partial charge in [-0.1, -0.05) is 0 Å². The van der Waals surface area contributed by atoms with Gasteiger partial charge in [0, 0.05) is 18.3 Å². The third kappa shape index (κ3) is 2.78. The largest absolute Gasteiger partial charge is 0.416 e. The van der Waals surface area contributed by atoms with E-state index in [9.17, 15) is 22.8 Å². The molecule has 0 aromatic carbocycles. The van der Waals surface area contributed by atoms with E-state index in [1.54, 1.807) is 4.90 Å². The average Bonchev–Trinajstić information content (AvgIpc) is 2.98. The number of likely N-dealkylation sites (tertiary alicyclic amines) is 1. The monoisotopic (exact) mass is 342 g/mol. The zero-order chi connectivity index (χ0) is 17.7. The molecule has 0 spiro atoms. The summed E-state index contributed by atoms with van der Waals surface area (Å²) in [6.07, 6.45) is -1.74. The van der Waals surface area contributed by atoms with Crippen LogP contribution >= 0.6 is 0 Å². The molecule has 0 radical (unpaired) electrons. The number of aromatic nitrogens is 3. The Morgan fingerprint density at radius 3 is 2.67 bits per heavy atom. The van der Waals surface area contributed by atoms with Crippen molar-refractivity contribution in [3.63, 3.8) is 0 Å². The van der Waals surface area contributed by atoms with Gasteiger partial charge in [0.2, 0.25) is 5.91 Å². The van der Waals surface area contributed by atoms with E-state index in [0.717, 1.165) is 40.3 Å². The Balaban J connectivity index is 1.92. The molecule has 1 saturated heterocycles. The van der Waals surface area contributed by atoms with Crippen LogP contribution in [0.3, 0.4) is 0 Å². The Bertz CT molecular complexity index is 851. The van der Waals surface area contributed by atoms with Gasteiger partial charge in [-0.25, -0.2) is 9.48 Å². The fourth-order valence-corrected chi connectivity index (χ4v) is 3.08. The zero-order valence-corrected chi connectivity index (χ0v) is 13.3. The summed E-state index contributed by atoms with van der Waals surface area (Å²) in [6.45, 7) is 4.21. The number of carbonyl (C=O) groups excluding carboxylic acids is 1. The number of carbonyl (C=O) groups is 1. The fourth-order valence-electron chi connectivity index (χ4n) is 3.08. The molecular weight excluding hydrogens is 325 g/mol. The Morgan fingerprint density at radius 1 is 1.38 bits per heavy atom. The average molecular weight is 342 g/mol. The molecule has 0 N–H and O–H groups in total. The number of rotatable bonds is 2. The standard InChI is InChI=1S/C15H17F3N4O2/c1-14(2)5-3-6-21(14)12(23)9-22-13(24)20-7-4-10(15(16,17)18)8-11(20)19-22/h4,7-8H,3,5-6,9H2,1-2H3. The van der Waals surface area contributed by atoms with E-state index in [-0.39, 0.29) is 23.6 Å². The SMILES string of the molecule is CC1(C)CCCN1C(=O)Cn1nc2cc(C(F)(F)F)ccn2c1=O. The van der Waals surface area contributed by atoms with Gasteiger partial charge in [0.05, 0.1) is 5.56 Å². The van der Waals surface area contributed by atoms with Crippen LogP contribution in [0.1, 0.15) is 32.3 Å². The summed E-state index contributed by atoms with van der Waals surface area (Å²) in [7, 11) is 0. The highest BCUT2D eigenvalue weighted by Gasteiger charge is 2.36. The van der Waals surface area contributed by atoms with Crippen molar-refractivity contribution in [3.8, 4) is 0 Å². The minimum Gasteiger partial charge on any atom is -0.336 e. The van der Waals surface area contributed by atoms with Crippen LogP contribution in [-0.2, 0) is 17.5 Å². The van der Waals surface area contributed by atoms with Crippen LogP contribution in [0, 0.1) is 0 Å². The van der Waals surface area contributed by atoms with E-state index in [2.05, 4.69) is 5.10 Å². The molecule has 1 amide bonds. The number of alkyl halides is 3. The first-order valence-electron chi connectivity index (χ1n) is 7.56. The molecule has 0 aliphatic carbocycles. The molecule has 0 saturated carbocycles. The summed E-state index contributed by atoms with van der Waals surface area (Å²) in [5.41, 5.74) is -1.95. The lowest BCUT2D eigenvalue weighted by molar-refractivity contribution is -0.137. The number of fused-ring (bicyclic) bond motifs is 1. The smallest absolute Gasteiger partial charge is 0.336 e. The first kappa shape index (κ1) is 16.5. The van der Waals surface area contributed by atoms with Gasteiger partial charge in [0.15, 0.2) is 5.65 Å². The van der Waals surface area contributed by atoms with E-state index in [1.165, 1.54) is 0 Å². The second-order valence-electron chi connectivity index (χ2n) is 6.54. The second kappa shape index (κ2) is 5.35. The molecular formula is C15H17F3N4O2. The van der Waals surface area contributed by atoms with Crippen molar-refractivity contribution in [2.24, 2.45) is 0 Å². The molecule has 130 valence electrons. The highest BCUT2D eigenvalue weighted by molar-refractivity contribution is 5.77. The predicted molar refractivity (Wildman–Crippen MR) is 79.5 cm³/mol. The lowest BCUT2D eigenvalue weighted by Crippen LogP contribution is -2.45. The molecule has 6 nitrogen and oxygen atoms in total. The zero-order valence-electron chi connectivity index (χ0n) is 13.3. The van der Waals surface area contributed by atoms with Gasteiger partial charge in [0.25, 0.3) is 0 Å². The molecule has 2 aromatic heterocycles. The summed E-state index contributed by atoms with van der Waals surface area (Å²) >= 11 is 0. The molecule has 9 heteroatoms. The minimum atomic E-state index is -4.52. The van der Waals surface area contributed by atoms with Crippen molar-refractivity contribution in [2.45, 2.75) is 44.9 Å². The maximum Gasteiger partial charge on any atom is 0.416 e. The van der Waals surface area contributed by atoms with Gasteiger partial charge in [-0.15, -0.1) is 5.10 Å². The van der Waals surface area contributed by atoms with Crippen LogP contribution in [0.2, 0.25) is 0 Å². The van der Waals surface area contributed by atoms with Gasteiger partial charge in [0.1, 0.15) is 6.54 Å². The highest BCUT2D eigenvalue weighted by atomic mass is 19.4. The van der Waals surface area contributed by atoms with Crippen LogP contribution in [0.15, 0.2) is 23.1 Å². The van der Waals surface area contributed by atoms with E-state index in [1.807, 2.05) is 13.8 Å². The number of nitrogens with zero attached hydrogens (tertiary/aromatic N) is 4. The maximum absolute atomic E-state index is 12.7. The molecule has 0 atom stereocenters. The Hall–Kier alpha value is -2.32. The van der Waals surface area contributed by atoms with Gasteiger partial charge in [-0.2, -0.15) is 13.2 Å². The molecule has 1 fully saturated rings. The summed E-state index contributed by atoms with van der Waals surface area (Å²) in [5, 5.41) is 3.87. The topological polar surface area (TPSA) is 59.6 Å². The van der Waals surface area contributed by atoms with Crippen LogP contribution in [-0.4, -0.2) is 37.1 Å². The Labute approximate surface area is 135 Å². The number of hydrogen-bond donors (Lipinski definition) is 0. The lowest BCUT2D eigenvalue weighted by atomic mass is 10.0. The van der Waals surface area contributed by atoms with Crippen molar-refractivity contribution >= 4 is 11.6 Å². The van der Waals surface area contributed by atoms with Crippen LogP contribution in [0.4, 0.5) is 13.2 Å². The van der Waals surface area contributed by atoms with Crippen molar-refractivity contribution in [1.82, 2.24) is 19.1 Å². The third-order valence-corrected chi connectivity index (χ3v) is 4.40. The first-order valence-corrected chi connectivity index (χ1v) is 7.56. The third-order valence-electron chi connectivity index (χ3n) is 4.40. The molecule has 1 aliphatic rings. The number of hydrogen-bond acceptors (Lipinski definition) is 3. The Kier molecular flexibility index (Phi) is 3.69. The quantitative estimate of drug-likeness (QED) is 0.838. The summed E-state index contributed by atoms with van der Waals surface area (Å²) in [6, 6.07) is 1.61. The van der Waals surface area contributed by atoms with Crippen molar-refractivity contribution in [1.29, 1.82) is 0 Å². The predicted octanol–water partition coefficient (Wildman–Crippen LogP) is 1.92. The van der Waals surface area contributed by atoms with Crippen molar-refractivity contribution in [2.75, 3.05) is 6.54 Å². The molecule has 3 heterocycles.